The van der Waals surface area contributed by atoms with Crippen LogP contribution in [0.5, 0.6) is 0 Å². The molecule has 0 radical (unpaired) electrons. The fraction of sp³-hybridized carbons (Fsp3) is 0.529. The number of carbonyl (C=O) groups excluding carboxylic acids is 1. The van der Waals surface area contributed by atoms with E-state index in [2.05, 4.69) is 25.7 Å². The van der Waals surface area contributed by atoms with Crippen molar-refractivity contribution in [3.63, 3.8) is 0 Å². The highest BCUT2D eigenvalue weighted by Gasteiger charge is 2.34. The first-order valence-corrected chi connectivity index (χ1v) is 8.40. The Morgan fingerprint density at radius 3 is 2.88 bits per heavy atom. The summed E-state index contributed by atoms with van der Waals surface area (Å²) >= 11 is 0. The Balaban J connectivity index is 1.62. The topological polar surface area (TPSA) is 94.0 Å². The van der Waals surface area contributed by atoms with Crippen LogP contribution < -0.4 is 10.6 Å². The molecule has 0 bridgehead atoms. The molecule has 2 amide bonds. The van der Waals surface area contributed by atoms with Crippen molar-refractivity contribution < 1.29 is 9.53 Å². The number of hydrogen-bond donors (Lipinski definition) is 2. The molecule has 8 heteroatoms. The summed E-state index contributed by atoms with van der Waals surface area (Å²) in [7, 11) is 1.92. The van der Waals surface area contributed by atoms with Crippen LogP contribution >= 0.6 is 0 Å². The van der Waals surface area contributed by atoms with Crippen LogP contribution in [0.3, 0.4) is 0 Å². The third-order valence-electron chi connectivity index (χ3n) is 4.52. The van der Waals surface area contributed by atoms with E-state index in [9.17, 15) is 4.79 Å². The molecular formula is C17H24N6O2. The van der Waals surface area contributed by atoms with Gasteiger partial charge in [-0.1, -0.05) is 0 Å². The highest BCUT2D eigenvalue weighted by Crippen LogP contribution is 2.33. The number of carbonyl (C=O) groups is 1. The van der Waals surface area contributed by atoms with Crippen LogP contribution in [0.25, 0.3) is 0 Å². The number of aryl methyl sites for hydroxylation is 3. The molecule has 0 saturated carbocycles. The second-order valence-corrected chi connectivity index (χ2v) is 6.32. The minimum absolute atomic E-state index is 0.0752. The molecule has 1 aliphatic heterocycles. The zero-order chi connectivity index (χ0) is 18.0. The van der Waals surface area contributed by atoms with Crippen molar-refractivity contribution in [1.29, 1.82) is 0 Å². The number of aromatic nitrogens is 4. The van der Waals surface area contributed by atoms with Gasteiger partial charge in [-0.15, -0.1) is 0 Å². The zero-order valence-electron chi connectivity index (χ0n) is 15.0. The minimum Gasteiger partial charge on any atom is -0.371 e. The van der Waals surface area contributed by atoms with E-state index < -0.39 is 0 Å². The lowest BCUT2D eigenvalue weighted by Crippen LogP contribution is -2.43. The Labute approximate surface area is 147 Å². The fourth-order valence-electron chi connectivity index (χ4n) is 3.22. The Kier molecular flexibility index (Phi) is 4.98. The molecule has 1 saturated heterocycles. The van der Waals surface area contributed by atoms with Crippen LogP contribution in [-0.4, -0.2) is 38.4 Å². The van der Waals surface area contributed by atoms with Gasteiger partial charge >= 0.3 is 6.03 Å². The SMILES string of the molecule is Cc1nccc(CNC(=O)N[C@@H]2CCO[C@H]2c2c(C)nn(C)c2C)n1. The number of ether oxygens (including phenoxy) is 1. The summed E-state index contributed by atoms with van der Waals surface area (Å²) in [6, 6.07) is 1.49. The number of rotatable bonds is 4. The smallest absolute Gasteiger partial charge is 0.315 e. The second kappa shape index (κ2) is 7.18. The maximum atomic E-state index is 12.3. The van der Waals surface area contributed by atoms with Gasteiger partial charge in [0.15, 0.2) is 0 Å². The molecule has 2 aromatic rings. The largest absolute Gasteiger partial charge is 0.371 e. The molecule has 1 fully saturated rings. The first kappa shape index (κ1) is 17.3. The van der Waals surface area contributed by atoms with E-state index in [0.717, 1.165) is 29.1 Å². The van der Waals surface area contributed by atoms with E-state index in [1.54, 1.807) is 12.3 Å². The van der Waals surface area contributed by atoms with Gasteiger partial charge in [0, 0.05) is 31.1 Å². The van der Waals surface area contributed by atoms with Crippen LogP contribution in [-0.2, 0) is 18.3 Å². The quantitative estimate of drug-likeness (QED) is 0.876. The monoisotopic (exact) mass is 344 g/mol. The number of nitrogens with zero attached hydrogens (tertiary/aromatic N) is 4. The Hall–Kier alpha value is -2.48. The average Bonchev–Trinajstić information content (AvgIpc) is 3.10. The summed E-state index contributed by atoms with van der Waals surface area (Å²) in [5.41, 5.74) is 3.85. The van der Waals surface area contributed by atoms with E-state index in [-0.39, 0.29) is 18.2 Å². The third-order valence-corrected chi connectivity index (χ3v) is 4.52. The molecule has 2 atom stereocenters. The standard InChI is InChI=1S/C17H24N6O2/c1-10-15(11(2)23(4)22-10)16-14(6-8-25-16)21-17(24)19-9-13-5-7-18-12(3)20-13/h5,7,14,16H,6,8-9H2,1-4H3,(H2,19,21,24)/t14-,16-/m1/s1. The Morgan fingerprint density at radius 2 is 2.20 bits per heavy atom. The van der Waals surface area contributed by atoms with Gasteiger partial charge in [-0.3, -0.25) is 4.68 Å². The van der Waals surface area contributed by atoms with E-state index >= 15 is 0 Å². The highest BCUT2D eigenvalue weighted by molar-refractivity contribution is 5.74. The number of nitrogens with one attached hydrogen (secondary N) is 2. The van der Waals surface area contributed by atoms with Crippen molar-refractivity contribution in [2.45, 2.75) is 45.9 Å². The van der Waals surface area contributed by atoms with Gasteiger partial charge in [-0.05, 0) is 33.3 Å². The molecule has 3 rings (SSSR count). The summed E-state index contributed by atoms with van der Waals surface area (Å²) in [5.74, 6) is 0.687. The van der Waals surface area contributed by atoms with Crippen molar-refractivity contribution in [2.24, 2.45) is 7.05 Å². The van der Waals surface area contributed by atoms with Gasteiger partial charge in [0.1, 0.15) is 11.9 Å². The maximum Gasteiger partial charge on any atom is 0.315 e. The number of urea groups is 1. The predicted octanol–water partition coefficient (Wildman–Crippen LogP) is 1.46. The van der Waals surface area contributed by atoms with Crippen LogP contribution in [0.15, 0.2) is 12.3 Å². The van der Waals surface area contributed by atoms with Crippen LogP contribution in [0, 0.1) is 20.8 Å². The lowest BCUT2D eigenvalue weighted by molar-refractivity contribution is 0.0988. The van der Waals surface area contributed by atoms with Gasteiger partial charge in [-0.2, -0.15) is 5.10 Å². The van der Waals surface area contributed by atoms with E-state index in [4.69, 9.17) is 4.74 Å². The number of amides is 2. The first-order valence-electron chi connectivity index (χ1n) is 8.40. The molecule has 25 heavy (non-hydrogen) atoms. The maximum absolute atomic E-state index is 12.3. The summed E-state index contributed by atoms with van der Waals surface area (Å²) in [5, 5.41) is 10.3. The molecule has 1 aliphatic rings. The molecule has 2 N–H and O–H groups in total. The molecule has 8 nitrogen and oxygen atoms in total. The van der Waals surface area contributed by atoms with Crippen LogP contribution in [0.1, 0.15) is 41.0 Å². The first-order chi connectivity index (χ1) is 12.0. The Morgan fingerprint density at radius 1 is 1.40 bits per heavy atom. The van der Waals surface area contributed by atoms with Crippen molar-refractivity contribution in [3.8, 4) is 0 Å². The molecular weight excluding hydrogens is 320 g/mol. The van der Waals surface area contributed by atoms with Gasteiger partial charge < -0.3 is 15.4 Å². The van der Waals surface area contributed by atoms with Crippen molar-refractivity contribution >= 4 is 6.03 Å². The summed E-state index contributed by atoms with van der Waals surface area (Å²) in [6.45, 7) is 6.79. The van der Waals surface area contributed by atoms with E-state index in [1.165, 1.54) is 0 Å². The predicted molar refractivity (Wildman–Crippen MR) is 91.9 cm³/mol. The third kappa shape index (κ3) is 3.79. The molecule has 0 aromatic carbocycles. The summed E-state index contributed by atoms with van der Waals surface area (Å²) < 4.78 is 7.74. The fourth-order valence-corrected chi connectivity index (χ4v) is 3.22. The van der Waals surface area contributed by atoms with Crippen molar-refractivity contribution in [1.82, 2.24) is 30.4 Å². The van der Waals surface area contributed by atoms with Crippen molar-refractivity contribution in [3.05, 3.63) is 40.7 Å². The second-order valence-electron chi connectivity index (χ2n) is 6.32. The van der Waals surface area contributed by atoms with Gasteiger partial charge in [0.05, 0.1) is 24.0 Å². The lowest BCUT2D eigenvalue weighted by Gasteiger charge is -2.21. The molecule has 2 aromatic heterocycles. The zero-order valence-corrected chi connectivity index (χ0v) is 15.0. The number of hydrogen-bond acceptors (Lipinski definition) is 5. The van der Waals surface area contributed by atoms with Gasteiger partial charge in [-0.25, -0.2) is 14.8 Å². The van der Waals surface area contributed by atoms with E-state index in [1.807, 2.05) is 32.5 Å². The Bertz CT molecular complexity index is 772. The average molecular weight is 344 g/mol. The van der Waals surface area contributed by atoms with Crippen molar-refractivity contribution in [2.75, 3.05) is 6.61 Å². The molecule has 0 unspecified atom stereocenters. The summed E-state index contributed by atoms with van der Waals surface area (Å²) in [6.07, 6.45) is 2.30. The van der Waals surface area contributed by atoms with E-state index in [0.29, 0.717) is 19.0 Å². The highest BCUT2D eigenvalue weighted by atomic mass is 16.5. The minimum atomic E-state index is -0.226. The van der Waals surface area contributed by atoms with Crippen LogP contribution in [0.2, 0.25) is 0 Å². The lowest BCUT2D eigenvalue weighted by atomic mass is 10.0. The van der Waals surface area contributed by atoms with Crippen LogP contribution in [0.4, 0.5) is 4.79 Å². The molecule has 0 aliphatic carbocycles. The summed E-state index contributed by atoms with van der Waals surface area (Å²) in [4.78, 5) is 20.6. The normalized spacial score (nSPS) is 19.8. The van der Waals surface area contributed by atoms with Gasteiger partial charge in [0.2, 0.25) is 0 Å². The van der Waals surface area contributed by atoms with Gasteiger partial charge in [0.25, 0.3) is 0 Å². The molecule has 0 spiro atoms. The molecule has 134 valence electrons. The molecule has 3 heterocycles.